The Morgan fingerprint density at radius 2 is 2.00 bits per heavy atom. The summed E-state index contributed by atoms with van der Waals surface area (Å²) in [5, 5.41) is 14.2. The summed E-state index contributed by atoms with van der Waals surface area (Å²) in [5.41, 5.74) is 0.550. The lowest BCUT2D eigenvalue weighted by Crippen LogP contribution is -2.75. The molecule has 2 amide bonds. The molecule has 1 saturated heterocycles. The van der Waals surface area contributed by atoms with E-state index in [1.54, 1.807) is 30.3 Å². The van der Waals surface area contributed by atoms with Crippen molar-refractivity contribution in [2.45, 2.75) is 24.7 Å². The summed E-state index contributed by atoms with van der Waals surface area (Å²) >= 11 is 8.70. The molecule has 152 valence electrons. The van der Waals surface area contributed by atoms with Crippen LogP contribution in [0.1, 0.15) is 10.4 Å². The predicted octanol–water partition coefficient (Wildman–Crippen LogP) is 2.22. The van der Waals surface area contributed by atoms with Crippen LogP contribution >= 0.6 is 46.1 Å². The van der Waals surface area contributed by atoms with Gasteiger partial charge in [-0.15, -0.1) is 11.3 Å². The molecule has 0 radical (unpaired) electrons. The van der Waals surface area contributed by atoms with Crippen molar-refractivity contribution in [2.75, 3.05) is 4.43 Å². The predicted molar refractivity (Wildman–Crippen MR) is 120 cm³/mol. The number of carboxylic acid groups (broad SMARTS) is 1. The molecule has 29 heavy (non-hydrogen) atoms. The van der Waals surface area contributed by atoms with Crippen LogP contribution in [0.25, 0.3) is 0 Å². The van der Waals surface area contributed by atoms with Crippen LogP contribution in [0.5, 0.6) is 0 Å². The number of thiophene rings is 1. The van der Waals surface area contributed by atoms with Crippen LogP contribution in [0.2, 0.25) is 0 Å². The molecule has 1 unspecified atom stereocenters. The zero-order chi connectivity index (χ0) is 21.0. The number of carbonyl (C=O) groups excluding carboxylic acids is 2. The smallest absolute Gasteiger partial charge is 0.366 e. The number of likely N-dealkylation sites (tertiary alicyclic amines) is 1. The number of benzene rings is 1. The number of amides is 2. The molecule has 1 aliphatic rings. The van der Waals surface area contributed by atoms with E-state index >= 15 is 0 Å². The van der Waals surface area contributed by atoms with Gasteiger partial charge in [-0.3, -0.25) is 14.5 Å². The van der Waals surface area contributed by atoms with Crippen molar-refractivity contribution in [3.8, 4) is 0 Å². The lowest BCUT2D eigenvalue weighted by molar-refractivity contribution is -0.180. The number of aliphatic carboxylic acids is 1. The fraction of sp³-hybridized carbons (Fsp3) is 0.263. The average molecular weight is 544 g/mol. The first-order valence-corrected chi connectivity index (χ1v) is 11.4. The third-order valence-electron chi connectivity index (χ3n) is 4.34. The quantitative estimate of drug-likeness (QED) is 0.229. The molecule has 1 fully saturated rings. The van der Waals surface area contributed by atoms with Gasteiger partial charge in [-0.2, -0.15) is 0 Å². The Bertz CT molecular complexity index is 907. The Kier molecular flexibility index (Phi) is 7.19. The molecule has 0 spiro atoms. The van der Waals surface area contributed by atoms with Crippen LogP contribution in [0.4, 0.5) is 0 Å². The van der Waals surface area contributed by atoms with Crippen LogP contribution in [-0.2, 0) is 25.5 Å². The summed E-state index contributed by atoms with van der Waals surface area (Å²) in [5.74, 6) is -2.11. The number of thiocarbonyl (C=S) groups is 1. The Morgan fingerprint density at radius 3 is 2.59 bits per heavy atom. The zero-order valence-electron chi connectivity index (χ0n) is 15.0. The highest BCUT2D eigenvalue weighted by Crippen LogP contribution is 2.27. The molecule has 0 bridgehead atoms. The molecule has 0 saturated carbocycles. The molecular formula is C19H17IN2O5S2. The number of hydrogen-bond acceptors (Lipinski definition) is 6. The van der Waals surface area contributed by atoms with E-state index in [1.165, 1.54) is 11.3 Å². The first-order valence-electron chi connectivity index (χ1n) is 8.61. The molecular weight excluding hydrogens is 527 g/mol. The third kappa shape index (κ3) is 4.93. The molecule has 1 aromatic carbocycles. The molecule has 3 atom stereocenters. The highest BCUT2D eigenvalue weighted by atomic mass is 127. The lowest BCUT2D eigenvalue weighted by atomic mass is 9.95. The topological polar surface area (TPSA) is 95.9 Å². The van der Waals surface area contributed by atoms with Crippen molar-refractivity contribution in [3.05, 3.63) is 58.3 Å². The van der Waals surface area contributed by atoms with Gasteiger partial charge in [0, 0.05) is 14.9 Å². The van der Waals surface area contributed by atoms with Crippen LogP contribution < -0.4 is 5.32 Å². The number of β-lactam (4-membered cyclic amide) rings is 1. The lowest BCUT2D eigenvalue weighted by Gasteiger charge is -2.48. The molecule has 2 N–H and O–H groups in total. The van der Waals surface area contributed by atoms with E-state index in [0.717, 1.165) is 9.78 Å². The number of nitrogens with one attached hydrogen (secondary N) is 1. The highest BCUT2D eigenvalue weighted by molar-refractivity contribution is 14.1. The fourth-order valence-corrected chi connectivity index (χ4v) is 4.81. The Labute approximate surface area is 190 Å². The van der Waals surface area contributed by atoms with Gasteiger partial charge in [-0.25, -0.2) is 4.79 Å². The summed E-state index contributed by atoms with van der Waals surface area (Å²) in [7, 11) is 0. The molecule has 1 aliphatic heterocycles. The monoisotopic (exact) mass is 544 g/mol. The van der Waals surface area contributed by atoms with Crippen molar-refractivity contribution < 1.29 is 24.2 Å². The number of alkyl halides is 1. The van der Waals surface area contributed by atoms with Gasteiger partial charge in [-0.05, 0) is 23.7 Å². The van der Waals surface area contributed by atoms with E-state index in [-0.39, 0.29) is 17.4 Å². The number of halogens is 1. The standard InChI is InChI=1S/C19H17IN2O5S2/c20-10-13-15(21-14(23)9-12-7-4-8-29-12)16(24)22(13)17(18(25)26)27-19(28)11-5-2-1-3-6-11/h1-8,13,15,17H,9-10H2,(H,21,23)(H,25,26)/t13-,15+,17?/m1/s1. The maximum absolute atomic E-state index is 12.7. The number of carboxylic acids is 1. The average Bonchev–Trinajstić information content (AvgIpc) is 3.22. The Balaban J connectivity index is 1.68. The van der Waals surface area contributed by atoms with Crippen LogP contribution in [0.15, 0.2) is 47.8 Å². The summed E-state index contributed by atoms with van der Waals surface area (Å²) in [6, 6.07) is 11.1. The van der Waals surface area contributed by atoms with Gasteiger partial charge < -0.3 is 15.2 Å². The summed E-state index contributed by atoms with van der Waals surface area (Å²) in [6.45, 7) is 0. The SMILES string of the molecule is O=C(Cc1cccs1)N[C@@H]1C(=O)N(C(OC(=S)c2ccccc2)C(=O)O)[C@@H]1CI. The molecule has 2 aromatic rings. The van der Waals surface area contributed by atoms with E-state index in [9.17, 15) is 19.5 Å². The maximum atomic E-state index is 12.7. The first-order chi connectivity index (χ1) is 13.9. The van der Waals surface area contributed by atoms with E-state index in [4.69, 9.17) is 17.0 Å². The summed E-state index contributed by atoms with van der Waals surface area (Å²) in [6.07, 6.45) is -1.38. The second-order valence-electron chi connectivity index (χ2n) is 6.23. The number of rotatable bonds is 8. The molecule has 2 heterocycles. The molecule has 3 rings (SSSR count). The van der Waals surface area contributed by atoms with E-state index in [1.807, 2.05) is 17.5 Å². The van der Waals surface area contributed by atoms with Crippen molar-refractivity contribution in [1.82, 2.24) is 10.2 Å². The second-order valence-corrected chi connectivity index (χ2v) is 8.51. The Morgan fingerprint density at radius 1 is 1.28 bits per heavy atom. The fourth-order valence-electron chi connectivity index (χ4n) is 2.94. The van der Waals surface area contributed by atoms with Crippen molar-refractivity contribution in [1.29, 1.82) is 0 Å². The number of hydrogen-bond donors (Lipinski definition) is 2. The largest absolute Gasteiger partial charge is 0.477 e. The van der Waals surface area contributed by atoms with Gasteiger partial charge in [0.05, 0.1) is 12.5 Å². The third-order valence-corrected chi connectivity index (χ3v) is 6.45. The van der Waals surface area contributed by atoms with Crippen LogP contribution in [0.3, 0.4) is 0 Å². The van der Waals surface area contributed by atoms with Crippen molar-refractivity contribution in [3.63, 3.8) is 0 Å². The first kappa shape index (κ1) is 21.7. The number of ether oxygens (including phenoxy) is 1. The normalized spacial score (nSPS) is 19.2. The van der Waals surface area contributed by atoms with Gasteiger partial charge in [-0.1, -0.05) is 59.0 Å². The van der Waals surface area contributed by atoms with Gasteiger partial charge in [0.15, 0.2) is 5.05 Å². The van der Waals surface area contributed by atoms with E-state index in [0.29, 0.717) is 9.99 Å². The minimum Gasteiger partial charge on any atom is -0.477 e. The maximum Gasteiger partial charge on any atom is 0.366 e. The summed E-state index contributed by atoms with van der Waals surface area (Å²) in [4.78, 5) is 38.7. The molecule has 1 aromatic heterocycles. The van der Waals surface area contributed by atoms with Crippen molar-refractivity contribution >= 4 is 69.0 Å². The van der Waals surface area contributed by atoms with E-state index < -0.39 is 30.2 Å². The minimum atomic E-state index is -1.56. The second kappa shape index (κ2) is 9.63. The molecule has 10 heteroatoms. The van der Waals surface area contributed by atoms with Crippen molar-refractivity contribution in [2.24, 2.45) is 0 Å². The van der Waals surface area contributed by atoms with E-state index in [2.05, 4.69) is 27.9 Å². The zero-order valence-corrected chi connectivity index (χ0v) is 18.8. The Hall–Kier alpha value is -2.05. The molecule has 7 nitrogen and oxygen atoms in total. The van der Waals surface area contributed by atoms with Gasteiger partial charge in [0.1, 0.15) is 6.04 Å². The van der Waals surface area contributed by atoms with Gasteiger partial charge in [0.2, 0.25) is 5.91 Å². The van der Waals surface area contributed by atoms with Gasteiger partial charge in [0.25, 0.3) is 12.1 Å². The number of carbonyl (C=O) groups is 3. The number of nitrogens with zero attached hydrogens (tertiary/aromatic N) is 1. The molecule has 0 aliphatic carbocycles. The van der Waals surface area contributed by atoms with Crippen LogP contribution in [-0.4, -0.2) is 55.6 Å². The minimum absolute atomic E-state index is 0.0109. The van der Waals surface area contributed by atoms with Gasteiger partial charge >= 0.3 is 5.97 Å². The highest BCUT2D eigenvalue weighted by Gasteiger charge is 2.53. The summed E-state index contributed by atoms with van der Waals surface area (Å²) < 4.78 is 5.89. The van der Waals surface area contributed by atoms with Crippen LogP contribution in [0, 0.1) is 0 Å².